The largest absolute Gasteiger partial charge is 0.493 e. The number of hydrogen-bond acceptors (Lipinski definition) is 6. The quantitative estimate of drug-likeness (QED) is 0.225. The van der Waals surface area contributed by atoms with Crippen LogP contribution in [0.3, 0.4) is 0 Å². The van der Waals surface area contributed by atoms with E-state index in [0.717, 1.165) is 12.8 Å². The van der Waals surface area contributed by atoms with Gasteiger partial charge >= 0.3 is 11.6 Å². The van der Waals surface area contributed by atoms with Crippen LogP contribution < -0.4 is 19.8 Å². The number of hydrogen-bond donors (Lipinski definition) is 0. The Kier molecular flexibility index (Phi) is 9.71. The minimum Gasteiger partial charge on any atom is -0.493 e. The van der Waals surface area contributed by atoms with Gasteiger partial charge in [0.05, 0.1) is 18.1 Å². The molecule has 0 fully saturated rings. The summed E-state index contributed by atoms with van der Waals surface area (Å²) in [6, 6.07) is 5.23. The summed E-state index contributed by atoms with van der Waals surface area (Å²) in [6.45, 7) is 7.74. The lowest BCUT2D eigenvalue weighted by atomic mass is 10.1. The third kappa shape index (κ3) is 7.39. The zero-order valence-corrected chi connectivity index (χ0v) is 18.6. The molecule has 0 saturated carbocycles. The van der Waals surface area contributed by atoms with Crippen LogP contribution in [0.25, 0.3) is 11.0 Å². The molecule has 0 aliphatic carbocycles. The van der Waals surface area contributed by atoms with Crippen LogP contribution in [-0.2, 0) is 4.79 Å². The van der Waals surface area contributed by atoms with Gasteiger partial charge in [-0.1, -0.05) is 51.9 Å². The number of carbonyl (C=O) groups is 1. The molecule has 0 radical (unpaired) electrons. The summed E-state index contributed by atoms with van der Waals surface area (Å²) >= 11 is 0. The number of benzene rings is 1. The van der Waals surface area contributed by atoms with Gasteiger partial charge in [0.1, 0.15) is 11.3 Å². The average Bonchev–Trinajstić information content (AvgIpc) is 2.68. The van der Waals surface area contributed by atoms with Gasteiger partial charge in [0.2, 0.25) is 0 Å². The lowest BCUT2D eigenvalue weighted by Crippen LogP contribution is -2.15. The van der Waals surface area contributed by atoms with Crippen LogP contribution in [0.1, 0.15) is 79.1 Å². The molecule has 2 aromatic rings. The lowest BCUT2D eigenvalue weighted by molar-refractivity contribution is -0.132. The Hall–Kier alpha value is -2.50. The Morgan fingerprint density at radius 3 is 2.30 bits per heavy atom. The summed E-state index contributed by atoms with van der Waals surface area (Å²) in [5.41, 5.74) is -0.423. The topological polar surface area (TPSA) is 75.0 Å². The van der Waals surface area contributed by atoms with Crippen molar-refractivity contribution in [3.63, 3.8) is 0 Å². The van der Waals surface area contributed by atoms with E-state index in [1.165, 1.54) is 45.4 Å². The second-order valence-electron chi connectivity index (χ2n) is 7.79. The first-order valence-electron chi connectivity index (χ1n) is 11.0. The van der Waals surface area contributed by atoms with E-state index in [1.807, 2.05) is 13.8 Å². The molecular formula is C24H34O6. The smallest absolute Gasteiger partial charge is 0.383 e. The van der Waals surface area contributed by atoms with E-state index in [4.69, 9.17) is 18.6 Å². The van der Waals surface area contributed by atoms with Crippen LogP contribution in [0, 0.1) is 0 Å². The van der Waals surface area contributed by atoms with Crippen molar-refractivity contribution in [2.24, 2.45) is 0 Å². The minimum atomic E-state index is -0.756. The summed E-state index contributed by atoms with van der Waals surface area (Å²) in [7, 11) is 0. The molecule has 1 heterocycles. The molecule has 0 amide bonds. The molecule has 0 spiro atoms. The Balaban J connectivity index is 2.02. The first kappa shape index (κ1) is 23.8. The summed E-state index contributed by atoms with van der Waals surface area (Å²) in [4.78, 5) is 23.7. The van der Waals surface area contributed by atoms with Gasteiger partial charge in [-0.15, -0.1) is 0 Å². The Morgan fingerprint density at radius 1 is 1.00 bits per heavy atom. The molecule has 0 bridgehead atoms. The molecule has 1 aromatic carbocycles. The van der Waals surface area contributed by atoms with Crippen molar-refractivity contribution in [3.8, 4) is 17.2 Å². The fraction of sp³-hybridized carbons (Fsp3) is 0.583. The molecule has 1 aromatic heterocycles. The van der Waals surface area contributed by atoms with Gasteiger partial charge in [0.15, 0.2) is 5.75 Å². The molecule has 0 unspecified atom stereocenters. The Morgan fingerprint density at radius 2 is 1.67 bits per heavy atom. The van der Waals surface area contributed by atoms with Gasteiger partial charge in [-0.2, -0.15) is 0 Å². The van der Waals surface area contributed by atoms with Gasteiger partial charge in [0, 0.05) is 13.0 Å². The first-order valence-corrected chi connectivity index (χ1v) is 11.0. The highest BCUT2D eigenvalue weighted by molar-refractivity contribution is 5.87. The predicted octanol–water partition coefficient (Wildman–Crippen LogP) is 6.03. The summed E-state index contributed by atoms with van der Waals surface area (Å²) < 4.78 is 22.0. The van der Waals surface area contributed by atoms with Gasteiger partial charge in [-0.25, -0.2) is 4.79 Å². The minimum absolute atomic E-state index is 0.206. The molecule has 0 aliphatic rings. The first-order chi connectivity index (χ1) is 14.4. The van der Waals surface area contributed by atoms with E-state index in [0.29, 0.717) is 23.3 Å². The number of unbranched alkanes of at least 4 members (excludes halogenated alkanes) is 7. The van der Waals surface area contributed by atoms with E-state index in [-0.39, 0.29) is 17.6 Å². The highest BCUT2D eigenvalue weighted by Gasteiger charge is 2.20. The molecule has 2 rings (SSSR count). The predicted molar refractivity (Wildman–Crippen MR) is 118 cm³/mol. The fourth-order valence-electron chi connectivity index (χ4n) is 3.24. The second-order valence-corrected chi connectivity index (χ2v) is 7.79. The lowest BCUT2D eigenvalue weighted by Gasteiger charge is -2.15. The molecule has 0 saturated heterocycles. The number of carbonyl (C=O) groups excluding carboxylic acids is 1. The highest BCUT2D eigenvalue weighted by atomic mass is 16.6. The molecule has 6 nitrogen and oxygen atoms in total. The molecule has 6 heteroatoms. The normalized spacial score (nSPS) is 11.1. The maximum absolute atomic E-state index is 12.3. The molecule has 0 atom stereocenters. The standard InChI is InChI=1S/C24H34O6/c1-5-6-7-8-9-10-11-12-15-27-19-13-14-20-21(16-19)30-24(26)23(29-18(4)25)22(20)28-17(2)3/h13-14,16-17H,5-12,15H2,1-4H3. The molecule has 0 aliphatic heterocycles. The fourth-order valence-corrected chi connectivity index (χ4v) is 3.24. The number of ether oxygens (including phenoxy) is 3. The third-order valence-electron chi connectivity index (χ3n) is 4.66. The zero-order valence-electron chi connectivity index (χ0n) is 18.6. The second kappa shape index (κ2) is 12.3. The Bertz CT molecular complexity index is 868. The van der Waals surface area contributed by atoms with Crippen molar-refractivity contribution in [1.82, 2.24) is 0 Å². The molecule has 166 valence electrons. The molecular weight excluding hydrogens is 384 g/mol. The van der Waals surface area contributed by atoms with Crippen molar-refractivity contribution in [1.29, 1.82) is 0 Å². The number of esters is 1. The highest BCUT2D eigenvalue weighted by Crippen LogP contribution is 2.35. The van der Waals surface area contributed by atoms with Gasteiger partial charge < -0.3 is 18.6 Å². The van der Waals surface area contributed by atoms with E-state index in [9.17, 15) is 9.59 Å². The van der Waals surface area contributed by atoms with Crippen LogP contribution in [0.2, 0.25) is 0 Å². The van der Waals surface area contributed by atoms with Crippen LogP contribution in [-0.4, -0.2) is 18.7 Å². The van der Waals surface area contributed by atoms with Gasteiger partial charge in [-0.3, -0.25) is 4.79 Å². The average molecular weight is 419 g/mol. The summed E-state index contributed by atoms with van der Waals surface area (Å²) in [5, 5.41) is 0.555. The zero-order chi connectivity index (χ0) is 21.9. The van der Waals surface area contributed by atoms with E-state index >= 15 is 0 Å². The third-order valence-corrected chi connectivity index (χ3v) is 4.66. The summed E-state index contributed by atoms with van der Waals surface area (Å²) in [5.74, 6) is 0.00211. The Labute approximate surface area is 178 Å². The monoisotopic (exact) mass is 418 g/mol. The maximum atomic E-state index is 12.3. The van der Waals surface area contributed by atoms with Crippen molar-refractivity contribution >= 4 is 16.9 Å². The van der Waals surface area contributed by atoms with Crippen LogP contribution in [0.15, 0.2) is 27.4 Å². The van der Waals surface area contributed by atoms with Crippen molar-refractivity contribution in [2.75, 3.05) is 6.61 Å². The van der Waals surface area contributed by atoms with Crippen molar-refractivity contribution in [2.45, 2.75) is 85.2 Å². The van der Waals surface area contributed by atoms with Crippen molar-refractivity contribution in [3.05, 3.63) is 28.6 Å². The van der Waals surface area contributed by atoms with E-state index in [1.54, 1.807) is 18.2 Å². The molecule has 0 N–H and O–H groups in total. The van der Waals surface area contributed by atoms with E-state index < -0.39 is 11.6 Å². The van der Waals surface area contributed by atoms with Gasteiger partial charge in [-0.05, 0) is 32.4 Å². The van der Waals surface area contributed by atoms with Crippen LogP contribution >= 0.6 is 0 Å². The SMILES string of the molecule is CCCCCCCCCCOc1ccc2c(OC(C)C)c(OC(C)=O)c(=O)oc2c1. The maximum Gasteiger partial charge on any atom is 0.383 e. The van der Waals surface area contributed by atoms with E-state index in [2.05, 4.69) is 6.92 Å². The number of fused-ring (bicyclic) bond motifs is 1. The van der Waals surface area contributed by atoms with Crippen molar-refractivity contribution < 1.29 is 23.4 Å². The van der Waals surface area contributed by atoms with Crippen LogP contribution in [0.4, 0.5) is 0 Å². The van der Waals surface area contributed by atoms with Gasteiger partial charge in [0.25, 0.3) is 5.75 Å². The molecule has 30 heavy (non-hydrogen) atoms. The van der Waals surface area contributed by atoms with Crippen LogP contribution in [0.5, 0.6) is 17.2 Å². The number of rotatable bonds is 13. The summed E-state index contributed by atoms with van der Waals surface area (Å²) in [6.07, 6.45) is 9.69.